The molecule has 7 heteroatoms. The predicted molar refractivity (Wildman–Crippen MR) is 114 cm³/mol. The van der Waals surface area contributed by atoms with Crippen LogP contribution in [0.25, 0.3) is 0 Å². The first-order valence-electron chi connectivity index (χ1n) is 9.18. The van der Waals surface area contributed by atoms with Gasteiger partial charge in [0, 0.05) is 17.9 Å². The lowest BCUT2D eigenvalue weighted by molar-refractivity contribution is 0.0922. The Kier molecular flexibility index (Phi) is 7.05. The lowest BCUT2D eigenvalue weighted by Crippen LogP contribution is -2.22. The second kappa shape index (κ2) is 10.3. The summed E-state index contributed by atoms with van der Waals surface area (Å²) in [6.07, 6.45) is 2.94. The fraction of sp³-hybridized carbons (Fsp3) is 0.0435. The Labute approximate surface area is 173 Å². The molecule has 2 heterocycles. The fourth-order valence-corrected chi connectivity index (χ4v) is 2.49. The van der Waals surface area contributed by atoms with Crippen molar-refractivity contribution in [1.29, 1.82) is 0 Å². The quantitative estimate of drug-likeness (QED) is 0.430. The van der Waals surface area contributed by atoms with E-state index in [0.29, 0.717) is 23.7 Å². The number of nitrogen functional groups attached to an aromatic ring is 1. The molecule has 0 aliphatic carbocycles. The van der Waals surface area contributed by atoms with Gasteiger partial charge in [-0.2, -0.15) is 0 Å². The summed E-state index contributed by atoms with van der Waals surface area (Å²) in [4.78, 5) is 23.0. The van der Waals surface area contributed by atoms with Gasteiger partial charge < -0.3 is 25.2 Å². The van der Waals surface area contributed by atoms with Gasteiger partial charge in [0.2, 0.25) is 0 Å². The van der Waals surface area contributed by atoms with Crippen LogP contribution < -0.4 is 16.4 Å². The monoisotopic (exact) mass is 403 g/mol. The third-order valence-corrected chi connectivity index (χ3v) is 3.93. The lowest BCUT2D eigenvalue weighted by atomic mass is 10.2. The Morgan fingerprint density at radius 1 is 0.767 bits per heavy atom. The lowest BCUT2D eigenvalue weighted by Gasteiger charge is -2.03. The highest BCUT2D eigenvalue weighted by Crippen LogP contribution is 2.13. The van der Waals surface area contributed by atoms with Gasteiger partial charge in [-0.05, 0) is 48.0 Å². The van der Waals surface area contributed by atoms with Gasteiger partial charge in [-0.25, -0.2) is 0 Å². The van der Waals surface area contributed by atoms with Crippen LogP contribution in [0.3, 0.4) is 0 Å². The van der Waals surface area contributed by atoms with E-state index >= 15 is 0 Å². The minimum atomic E-state index is -0.286. The minimum absolute atomic E-state index is 0.191. The molecule has 0 saturated carbocycles. The molecule has 0 aliphatic heterocycles. The molecule has 0 atom stereocenters. The molecule has 4 aromatic rings. The van der Waals surface area contributed by atoms with Crippen molar-refractivity contribution in [3.63, 3.8) is 0 Å². The Bertz CT molecular complexity index is 1060. The third-order valence-electron chi connectivity index (χ3n) is 3.93. The van der Waals surface area contributed by atoms with Crippen LogP contribution in [0.15, 0.2) is 100 Å². The number of nitrogens with two attached hydrogens (primary N) is 1. The van der Waals surface area contributed by atoms with Crippen molar-refractivity contribution in [1.82, 2.24) is 5.32 Å². The Hall–Kier alpha value is -4.26. The number of hydrogen-bond acceptors (Lipinski definition) is 5. The van der Waals surface area contributed by atoms with Gasteiger partial charge in [-0.3, -0.25) is 9.59 Å². The molecule has 2 amide bonds. The number of amides is 2. The molecule has 30 heavy (non-hydrogen) atoms. The molecule has 0 radical (unpaired) electrons. The maximum absolute atomic E-state index is 11.5. The normalized spacial score (nSPS) is 9.87. The second-order valence-corrected chi connectivity index (χ2v) is 6.20. The van der Waals surface area contributed by atoms with E-state index < -0.39 is 0 Å². The van der Waals surface area contributed by atoms with Crippen LogP contribution in [0.5, 0.6) is 0 Å². The van der Waals surface area contributed by atoms with Crippen LogP contribution in [0.1, 0.15) is 26.7 Å². The van der Waals surface area contributed by atoms with E-state index in [1.807, 2.05) is 30.3 Å². The fourth-order valence-electron chi connectivity index (χ4n) is 2.49. The largest absolute Gasteiger partial charge is 0.459 e. The van der Waals surface area contributed by atoms with Gasteiger partial charge in [0.1, 0.15) is 0 Å². The van der Waals surface area contributed by atoms with E-state index in [9.17, 15) is 9.59 Å². The van der Waals surface area contributed by atoms with Gasteiger partial charge in [0.15, 0.2) is 11.5 Å². The summed E-state index contributed by atoms with van der Waals surface area (Å²) in [7, 11) is 0. The first-order valence-corrected chi connectivity index (χ1v) is 9.18. The van der Waals surface area contributed by atoms with Crippen LogP contribution >= 0.6 is 0 Å². The zero-order valence-electron chi connectivity index (χ0n) is 16.1. The molecule has 0 bridgehead atoms. The van der Waals surface area contributed by atoms with Crippen molar-refractivity contribution in [2.75, 3.05) is 11.1 Å². The number of carbonyl (C=O) groups excluding carboxylic acids is 2. The zero-order valence-corrected chi connectivity index (χ0v) is 16.1. The molecule has 4 N–H and O–H groups in total. The summed E-state index contributed by atoms with van der Waals surface area (Å²) < 4.78 is 9.93. The molecule has 0 unspecified atom stereocenters. The molecule has 0 spiro atoms. The minimum Gasteiger partial charge on any atom is -0.459 e. The van der Waals surface area contributed by atoms with E-state index in [1.165, 1.54) is 12.5 Å². The second-order valence-electron chi connectivity index (χ2n) is 6.20. The van der Waals surface area contributed by atoms with Gasteiger partial charge in [0.25, 0.3) is 11.8 Å². The van der Waals surface area contributed by atoms with Crippen LogP contribution in [-0.2, 0) is 6.54 Å². The maximum atomic E-state index is 11.5. The third kappa shape index (κ3) is 6.13. The molecule has 2 aromatic carbocycles. The molecule has 152 valence electrons. The Morgan fingerprint density at radius 2 is 1.43 bits per heavy atom. The number of furan rings is 2. The number of benzene rings is 2. The van der Waals surface area contributed by atoms with Crippen LogP contribution in [0.2, 0.25) is 0 Å². The molecular formula is C23H21N3O4. The van der Waals surface area contributed by atoms with Crippen molar-refractivity contribution >= 4 is 23.2 Å². The van der Waals surface area contributed by atoms with Gasteiger partial charge >= 0.3 is 0 Å². The smallest absolute Gasteiger partial charge is 0.291 e. The van der Waals surface area contributed by atoms with Crippen LogP contribution in [-0.4, -0.2) is 11.8 Å². The van der Waals surface area contributed by atoms with Gasteiger partial charge in [-0.1, -0.05) is 36.4 Å². The van der Waals surface area contributed by atoms with Crippen molar-refractivity contribution in [2.24, 2.45) is 0 Å². The molecule has 7 nitrogen and oxygen atoms in total. The predicted octanol–water partition coefficient (Wildman–Crippen LogP) is 4.32. The van der Waals surface area contributed by atoms with E-state index in [-0.39, 0.29) is 17.6 Å². The highest BCUT2D eigenvalue weighted by molar-refractivity contribution is 6.02. The average Bonchev–Trinajstić information content (AvgIpc) is 3.47. The number of hydrogen-bond donors (Lipinski definition) is 3. The maximum Gasteiger partial charge on any atom is 0.291 e. The molecule has 0 fully saturated rings. The number of rotatable bonds is 5. The van der Waals surface area contributed by atoms with Crippen molar-refractivity contribution in [3.05, 3.63) is 108 Å². The standard InChI is InChI=1S/C12H11NO2.C11H10N2O2/c14-12(11-7-4-8-15-11)13-9-10-5-2-1-3-6-10;12-8-3-1-4-9(7-8)13-11(14)10-5-2-6-15-10/h1-8H,9H2,(H,13,14);1-7H,12H2,(H,13,14). The molecule has 0 saturated heterocycles. The summed E-state index contributed by atoms with van der Waals surface area (Å²) in [5.74, 6) is 0.137. The average molecular weight is 403 g/mol. The number of carbonyl (C=O) groups is 2. The summed E-state index contributed by atoms with van der Waals surface area (Å²) in [6, 6.07) is 23.3. The van der Waals surface area contributed by atoms with Crippen molar-refractivity contribution < 1.29 is 18.4 Å². The van der Waals surface area contributed by atoms with Gasteiger partial charge in [0.05, 0.1) is 12.5 Å². The first kappa shape index (κ1) is 20.5. The van der Waals surface area contributed by atoms with E-state index in [1.54, 1.807) is 48.5 Å². The van der Waals surface area contributed by atoms with Crippen molar-refractivity contribution in [2.45, 2.75) is 6.54 Å². The summed E-state index contributed by atoms with van der Waals surface area (Å²) in [5.41, 5.74) is 7.90. The Balaban J connectivity index is 0.000000171. The molecular weight excluding hydrogens is 382 g/mol. The van der Waals surface area contributed by atoms with E-state index in [4.69, 9.17) is 14.6 Å². The van der Waals surface area contributed by atoms with Crippen LogP contribution in [0, 0.1) is 0 Å². The topological polar surface area (TPSA) is 110 Å². The molecule has 4 rings (SSSR count). The van der Waals surface area contributed by atoms with E-state index in [0.717, 1.165) is 5.56 Å². The van der Waals surface area contributed by atoms with Gasteiger partial charge in [-0.15, -0.1) is 0 Å². The first-order chi connectivity index (χ1) is 14.6. The highest BCUT2D eigenvalue weighted by atomic mass is 16.3. The Morgan fingerprint density at radius 3 is 2.03 bits per heavy atom. The SMILES string of the molecule is Nc1cccc(NC(=O)c2ccco2)c1.O=C(NCc1ccccc1)c1ccco1. The van der Waals surface area contributed by atoms with Crippen molar-refractivity contribution in [3.8, 4) is 0 Å². The summed E-state index contributed by atoms with van der Waals surface area (Å²) in [5, 5.41) is 5.44. The number of anilines is 2. The number of nitrogens with one attached hydrogen (secondary N) is 2. The summed E-state index contributed by atoms with van der Waals surface area (Å²) in [6.45, 7) is 0.514. The highest BCUT2D eigenvalue weighted by Gasteiger charge is 2.08. The summed E-state index contributed by atoms with van der Waals surface area (Å²) >= 11 is 0. The van der Waals surface area contributed by atoms with E-state index in [2.05, 4.69) is 10.6 Å². The van der Waals surface area contributed by atoms with Crippen LogP contribution in [0.4, 0.5) is 11.4 Å². The zero-order chi connectivity index (χ0) is 21.2. The molecule has 0 aliphatic rings. The molecule has 2 aromatic heterocycles.